The van der Waals surface area contributed by atoms with Crippen molar-refractivity contribution >= 4 is 11.6 Å². The second-order valence-electron chi connectivity index (χ2n) is 7.16. The van der Waals surface area contributed by atoms with Crippen LogP contribution in [0.3, 0.4) is 0 Å². The SMILES string of the molecule is CN=C(NCCc1ccc(C)nc1)NC1CCCN(c2ccccc2OC)C1. The first kappa shape index (κ1) is 20.0. The molecule has 1 unspecified atom stereocenters. The number of para-hydroxylation sites is 2. The monoisotopic (exact) mass is 381 g/mol. The van der Waals surface area contributed by atoms with E-state index in [9.17, 15) is 0 Å². The van der Waals surface area contributed by atoms with E-state index in [4.69, 9.17) is 4.74 Å². The molecule has 1 aromatic heterocycles. The van der Waals surface area contributed by atoms with E-state index in [-0.39, 0.29) is 0 Å². The van der Waals surface area contributed by atoms with Crippen LogP contribution in [-0.4, -0.2) is 50.8 Å². The molecule has 0 radical (unpaired) electrons. The Hall–Kier alpha value is -2.76. The van der Waals surface area contributed by atoms with Gasteiger partial charge in [0.1, 0.15) is 5.75 Å². The highest BCUT2D eigenvalue weighted by Crippen LogP contribution is 2.29. The zero-order chi connectivity index (χ0) is 19.8. The van der Waals surface area contributed by atoms with Gasteiger partial charge in [0.2, 0.25) is 0 Å². The van der Waals surface area contributed by atoms with Crippen LogP contribution < -0.4 is 20.3 Å². The van der Waals surface area contributed by atoms with Crippen LogP contribution in [0.15, 0.2) is 47.6 Å². The summed E-state index contributed by atoms with van der Waals surface area (Å²) in [6.07, 6.45) is 5.14. The van der Waals surface area contributed by atoms with E-state index in [1.807, 2.05) is 32.3 Å². The van der Waals surface area contributed by atoms with E-state index in [1.54, 1.807) is 7.11 Å². The number of guanidine groups is 1. The predicted molar refractivity (Wildman–Crippen MR) is 115 cm³/mol. The van der Waals surface area contributed by atoms with Gasteiger partial charge < -0.3 is 20.3 Å². The molecule has 150 valence electrons. The van der Waals surface area contributed by atoms with Crippen molar-refractivity contribution in [3.05, 3.63) is 53.9 Å². The molecule has 6 heteroatoms. The van der Waals surface area contributed by atoms with Gasteiger partial charge in [-0.1, -0.05) is 18.2 Å². The number of nitrogens with one attached hydrogen (secondary N) is 2. The summed E-state index contributed by atoms with van der Waals surface area (Å²) >= 11 is 0. The molecule has 3 rings (SSSR count). The molecular formula is C22H31N5O. The molecule has 2 heterocycles. The van der Waals surface area contributed by atoms with Crippen LogP contribution in [0.5, 0.6) is 5.75 Å². The fourth-order valence-electron chi connectivity index (χ4n) is 3.56. The van der Waals surface area contributed by atoms with E-state index in [0.29, 0.717) is 6.04 Å². The van der Waals surface area contributed by atoms with Gasteiger partial charge in [-0.2, -0.15) is 0 Å². The Labute approximate surface area is 168 Å². The quantitative estimate of drug-likeness (QED) is 0.595. The van der Waals surface area contributed by atoms with Crippen LogP contribution in [0.4, 0.5) is 5.69 Å². The molecule has 0 amide bonds. The molecule has 1 aromatic carbocycles. The summed E-state index contributed by atoms with van der Waals surface area (Å²) in [5, 5.41) is 7.00. The Morgan fingerprint density at radius 1 is 1.29 bits per heavy atom. The number of rotatable bonds is 6. The Kier molecular flexibility index (Phi) is 7.12. The third-order valence-electron chi connectivity index (χ3n) is 5.09. The van der Waals surface area contributed by atoms with Crippen molar-refractivity contribution in [2.45, 2.75) is 32.2 Å². The topological polar surface area (TPSA) is 61.8 Å². The van der Waals surface area contributed by atoms with Crippen LogP contribution in [-0.2, 0) is 6.42 Å². The zero-order valence-corrected chi connectivity index (χ0v) is 17.1. The molecule has 1 aliphatic rings. The lowest BCUT2D eigenvalue weighted by molar-refractivity contribution is 0.408. The Morgan fingerprint density at radius 3 is 2.89 bits per heavy atom. The number of aryl methyl sites for hydroxylation is 1. The van der Waals surface area contributed by atoms with Gasteiger partial charge in [0.05, 0.1) is 12.8 Å². The maximum Gasteiger partial charge on any atom is 0.191 e. The zero-order valence-electron chi connectivity index (χ0n) is 17.1. The lowest BCUT2D eigenvalue weighted by Crippen LogP contribution is -2.51. The summed E-state index contributed by atoms with van der Waals surface area (Å²) in [6, 6.07) is 12.8. The maximum atomic E-state index is 5.54. The first-order valence-corrected chi connectivity index (χ1v) is 9.96. The number of hydrogen-bond acceptors (Lipinski definition) is 4. The first-order chi connectivity index (χ1) is 13.7. The van der Waals surface area contributed by atoms with Gasteiger partial charge in [-0.15, -0.1) is 0 Å². The van der Waals surface area contributed by atoms with E-state index >= 15 is 0 Å². The minimum absolute atomic E-state index is 0.353. The Bertz CT molecular complexity index is 775. The number of nitrogens with zero attached hydrogens (tertiary/aromatic N) is 3. The van der Waals surface area contributed by atoms with Gasteiger partial charge >= 0.3 is 0 Å². The number of aliphatic imine (C=N–C) groups is 1. The summed E-state index contributed by atoms with van der Waals surface area (Å²) in [6.45, 7) is 4.81. The molecule has 0 bridgehead atoms. The standard InChI is InChI=1S/C22H31N5O/c1-17-10-11-18(15-25-17)12-13-24-22(23-2)26-19-7-6-14-27(16-19)20-8-4-5-9-21(20)28-3/h4-5,8-11,15,19H,6-7,12-14,16H2,1-3H3,(H2,23,24,26). The van der Waals surface area contributed by atoms with E-state index in [1.165, 1.54) is 5.56 Å². The van der Waals surface area contributed by atoms with Gasteiger partial charge in [-0.3, -0.25) is 9.98 Å². The van der Waals surface area contributed by atoms with Crippen molar-refractivity contribution in [1.82, 2.24) is 15.6 Å². The van der Waals surface area contributed by atoms with Gasteiger partial charge in [0.25, 0.3) is 0 Å². The molecule has 2 N–H and O–H groups in total. The Balaban J connectivity index is 1.52. The highest BCUT2D eigenvalue weighted by molar-refractivity contribution is 5.80. The maximum absolute atomic E-state index is 5.54. The normalized spacial score (nSPS) is 17.3. The number of anilines is 1. The molecule has 1 fully saturated rings. The molecule has 1 aliphatic heterocycles. The van der Waals surface area contributed by atoms with Crippen molar-refractivity contribution < 1.29 is 4.74 Å². The fourth-order valence-corrected chi connectivity index (χ4v) is 3.56. The average molecular weight is 382 g/mol. The minimum atomic E-state index is 0.353. The van der Waals surface area contributed by atoms with Gasteiger partial charge in [-0.25, -0.2) is 0 Å². The van der Waals surface area contributed by atoms with Crippen LogP contribution in [0.2, 0.25) is 0 Å². The van der Waals surface area contributed by atoms with E-state index in [2.05, 4.69) is 49.8 Å². The second kappa shape index (κ2) is 9.97. The number of methoxy groups -OCH3 is 1. The Morgan fingerprint density at radius 2 is 2.14 bits per heavy atom. The highest BCUT2D eigenvalue weighted by Gasteiger charge is 2.22. The molecule has 6 nitrogen and oxygen atoms in total. The summed E-state index contributed by atoms with van der Waals surface area (Å²) in [7, 11) is 3.55. The van der Waals surface area contributed by atoms with Crippen LogP contribution in [0.25, 0.3) is 0 Å². The number of aromatic nitrogens is 1. The number of pyridine rings is 1. The van der Waals surface area contributed by atoms with Gasteiger partial charge in [-0.05, 0) is 49.9 Å². The fraction of sp³-hybridized carbons (Fsp3) is 0.455. The van der Waals surface area contributed by atoms with Crippen molar-refractivity contribution in [2.75, 3.05) is 38.7 Å². The predicted octanol–water partition coefficient (Wildman–Crippen LogP) is 2.78. The lowest BCUT2D eigenvalue weighted by atomic mass is 10.0. The number of ether oxygens (including phenoxy) is 1. The molecule has 2 aromatic rings. The highest BCUT2D eigenvalue weighted by atomic mass is 16.5. The van der Waals surface area contributed by atoms with Crippen LogP contribution >= 0.6 is 0 Å². The summed E-state index contributed by atoms with van der Waals surface area (Å²) in [5.74, 6) is 1.78. The molecule has 0 saturated carbocycles. The molecule has 1 atom stereocenters. The minimum Gasteiger partial charge on any atom is -0.495 e. The van der Waals surface area contributed by atoms with Gasteiger partial charge in [0.15, 0.2) is 5.96 Å². The molecule has 0 aliphatic carbocycles. The molecule has 0 spiro atoms. The smallest absolute Gasteiger partial charge is 0.191 e. The van der Waals surface area contributed by atoms with E-state index < -0.39 is 0 Å². The summed E-state index contributed by atoms with van der Waals surface area (Å²) < 4.78 is 5.54. The van der Waals surface area contributed by atoms with Crippen molar-refractivity contribution in [3.8, 4) is 5.75 Å². The molecular weight excluding hydrogens is 350 g/mol. The number of hydrogen-bond donors (Lipinski definition) is 2. The third-order valence-corrected chi connectivity index (χ3v) is 5.09. The molecule has 1 saturated heterocycles. The summed E-state index contributed by atoms with van der Waals surface area (Å²) in [5.41, 5.74) is 3.44. The third kappa shape index (κ3) is 5.38. The van der Waals surface area contributed by atoms with Crippen molar-refractivity contribution in [3.63, 3.8) is 0 Å². The second-order valence-corrected chi connectivity index (χ2v) is 7.16. The largest absolute Gasteiger partial charge is 0.495 e. The molecule has 28 heavy (non-hydrogen) atoms. The van der Waals surface area contributed by atoms with E-state index in [0.717, 1.165) is 62.0 Å². The van der Waals surface area contributed by atoms with Crippen molar-refractivity contribution in [1.29, 1.82) is 0 Å². The van der Waals surface area contributed by atoms with Crippen molar-refractivity contribution in [2.24, 2.45) is 4.99 Å². The number of benzene rings is 1. The average Bonchev–Trinajstić information content (AvgIpc) is 2.74. The lowest BCUT2D eigenvalue weighted by Gasteiger charge is -2.36. The van der Waals surface area contributed by atoms with Crippen LogP contribution in [0.1, 0.15) is 24.1 Å². The first-order valence-electron chi connectivity index (χ1n) is 9.96. The number of piperidine rings is 1. The summed E-state index contributed by atoms with van der Waals surface area (Å²) in [4.78, 5) is 11.1. The van der Waals surface area contributed by atoms with Crippen LogP contribution in [0, 0.1) is 6.92 Å². The van der Waals surface area contributed by atoms with Gasteiger partial charge in [0, 0.05) is 44.6 Å².